The molecule has 0 unspecified atom stereocenters. The van der Waals surface area contributed by atoms with Crippen LogP contribution in [0.15, 0.2) is 12.4 Å². The molecule has 0 aliphatic heterocycles. The van der Waals surface area contributed by atoms with Crippen molar-refractivity contribution < 1.29 is 14.3 Å². The Kier molecular flexibility index (Phi) is 5.28. The fraction of sp³-hybridized carbons (Fsp3) is 0.808. The summed E-state index contributed by atoms with van der Waals surface area (Å²) in [5.41, 5.74) is -0.353. The first-order chi connectivity index (χ1) is 15.2. The van der Waals surface area contributed by atoms with Crippen LogP contribution in [0.5, 0.6) is 0 Å². The van der Waals surface area contributed by atoms with E-state index in [1.165, 1.54) is 6.20 Å². The van der Waals surface area contributed by atoms with Gasteiger partial charge in [-0.05, 0) is 92.3 Å². The van der Waals surface area contributed by atoms with Gasteiger partial charge in [-0.3, -0.25) is 9.48 Å². The van der Waals surface area contributed by atoms with Crippen LogP contribution in [0.25, 0.3) is 0 Å². The SMILES string of the molecule is C[C@]12CC[C@@H]3[C@H]4CC[C@](O)(CF)C[C@@H]4CC[C@@]3(C)[C@@H]1CC[C@@H]2C(=O)Cn1cc(C#N)cn1. The van der Waals surface area contributed by atoms with Gasteiger partial charge in [-0.2, -0.15) is 10.4 Å². The fourth-order valence-electron chi connectivity index (χ4n) is 8.97. The standard InChI is InChI=1S/C26H36FN3O2/c1-24-8-5-18-11-26(32,16-27)10-6-19(18)20(24)7-9-25(2)21(3-4-23(24)25)22(31)15-30-14-17(12-28)13-29-30/h13-14,18-21,23,32H,3-11,15-16H2,1-2H3/t18-,19-,20+,21+,23-,24+,25+,26+/m0/s1. The minimum atomic E-state index is -1.10. The van der Waals surface area contributed by atoms with Crippen LogP contribution < -0.4 is 0 Å². The van der Waals surface area contributed by atoms with E-state index in [2.05, 4.69) is 25.0 Å². The number of aliphatic hydroxyl groups is 1. The van der Waals surface area contributed by atoms with E-state index in [1.54, 1.807) is 10.9 Å². The third-order valence-corrected chi connectivity index (χ3v) is 10.5. The average Bonchev–Trinajstić information content (AvgIpc) is 3.37. The van der Waals surface area contributed by atoms with Crippen molar-refractivity contribution in [1.82, 2.24) is 9.78 Å². The quantitative estimate of drug-likeness (QED) is 0.736. The van der Waals surface area contributed by atoms with E-state index in [4.69, 9.17) is 5.26 Å². The maximum Gasteiger partial charge on any atom is 0.157 e. The van der Waals surface area contributed by atoms with Gasteiger partial charge in [0.25, 0.3) is 0 Å². The molecule has 0 bridgehead atoms. The van der Waals surface area contributed by atoms with E-state index in [1.807, 2.05) is 0 Å². The van der Waals surface area contributed by atoms with Crippen molar-refractivity contribution in [2.24, 2.45) is 40.4 Å². The zero-order valence-corrected chi connectivity index (χ0v) is 19.4. The number of nitrogens with zero attached hydrogens (tertiary/aromatic N) is 3. The van der Waals surface area contributed by atoms with Gasteiger partial charge >= 0.3 is 0 Å². The van der Waals surface area contributed by atoms with Crippen LogP contribution in [0.3, 0.4) is 0 Å². The Balaban J connectivity index is 1.34. The molecule has 4 fully saturated rings. The van der Waals surface area contributed by atoms with Crippen molar-refractivity contribution in [2.75, 3.05) is 6.67 Å². The summed E-state index contributed by atoms with van der Waals surface area (Å²) in [5.74, 6) is 2.51. The third kappa shape index (κ3) is 3.26. The number of alkyl halides is 1. The molecule has 8 atom stereocenters. The molecule has 4 aliphatic carbocycles. The summed E-state index contributed by atoms with van der Waals surface area (Å²) in [7, 11) is 0. The molecule has 32 heavy (non-hydrogen) atoms. The molecule has 1 N–H and O–H groups in total. The number of hydrogen-bond acceptors (Lipinski definition) is 4. The molecule has 1 heterocycles. The second kappa shape index (κ2) is 7.65. The predicted octanol–water partition coefficient (Wildman–Crippen LogP) is 4.68. The maximum absolute atomic E-state index is 13.4. The zero-order chi connectivity index (χ0) is 22.7. The first kappa shape index (κ1) is 22.1. The number of Topliss-reactive ketones (excluding diaryl/α,β-unsaturated/α-hetero) is 1. The van der Waals surface area contributed by atoms with Gasteiger partial charge in [0.2, 0.25) is 0 Å². The van der Waals surface area contributed by atoms with Gasteiger partial charge in [0.05, 0.1) is 23.9 Å². The number of hydrogen-bond donors (Lipinski definition) is 1. The lowest BCUT2D eigenvalue weighted by Crippen LogP contribution is -2.56. The van der Waals surface area contributed by atoms with Crippen molar-refractivity contribution in [3.63, 3.8) is 0 Å². The molecule has 1 aromatic heterocycles. The lowest BCUT2D eigenvalue weighted by Gasteiger charge is -2.62. The smallest absolute Gasteiger partial charge is 0.157 e. The number of halogens is 1. The molecule has 4 saturated carbocycles. The van der Waals surface area contributed by atoms with Crippen LogP contribution in [0, 0.1) is 51.8 Å². The second-order valence-electron chi connectivity index (χ2n) is 11.9. The molecule has 5 rings (SSSR count). The van der Waals surface area contributed by atoms with Crippen LogP contribution in [0.1, 0.15) is 77.2 Å². The zero-order valence-electron chi connectivity index (χ0n) is 19.4. The Morgan fingerprint density at radius 3 is 2.72 bits per heavy atom. The lowest BCUT2D eigenvalue weighted by atomic mass is 9.43. The summed E-state index contributed by atoms with van der Waals surface area (Å²) >= 11 is 0. The molecule has 0 aromatic carbocycles. The highest BCUT2D eigenvalue weighted by atomic mass is 19.1. The lowest BCUT2D eigenvalue weighted by molar-refractivity contribution is -0.155. The van der Waals surface area contributed by atoms with Gasteiger partial charge in [-0.15, -0.1) is 0 Å². The Morgan fingerprint density at radius 2 is 2.00 bits per heavy atom. The highest BCUT2D eigenvalue weighted by Crippen LogP contribution is 2.69. The minimum absolute atomic E-state index is 0.0225. The van der Waals surface area contributed by atoms with Crippen molar-refractivity contribution in [2.45, 2.75) is 83.8 Å². The number of carbonyl (C=O) groups excluding carboxylic acids is 1. The molecule has 6 heteroatoms. The van der Waals surface area contributed by atoms with Crippen LogP contribution in [0.4, 0.5) is 4.39 Å². The van der Waals surface area contributed by atoms with Gasteiger partial charge in [0.15, 0.2) is 5.78 Å². The molecule has 0 radical (unpaired) electrons. The summed E-state index contributed by atoms with van der Waals surface area (Å²) in [6.45, 7) is 4.47. The van der Waals surface area contributed by atoms with Gasteiger partial charge < -0.3 is 5.11 Å². The summed E-state index contributed by atoms with van der Waals surface area (Å²) in [6.07, 6.45) is 11.8. The van der Waals surface area contributed by atoms with E-state index in [-0.39, 0.29) is 29.1 Å². The van der Waals surface area contributed by atoms with E-state index >= 15 is 0 Å². The largest absolute Gasteiger partial charge is 0.387 e. The monoisotopic (exact) mass is 441 g/mol. The highest BCUT2D eigenvalue weighted by molar-refractivity contribution is 5.82. The van der Waals surface area contributed by atoms with Gasteiger partial charge in [0, 0.05) is 12.1 Å². The highest BCUT2D eigenvalue weighted by Gasteiger charge is 2.63. The predicted molar refractivity (Wildman–Crippen MR) is 118 cm³/mol. The molecule has 4 aliphatic rings. The molecular formula is C26H36FN3O2. The Morgan fingerprint density at radius 1 is 1.22 bits per heavy atom. The Bertz CT molecular complexity index is 940. The molecule has 0 saturated heterocycles. The van der Waals surface area contributed by atoms with Crippen LogP contribution >= 0.6 is 0 Å². The van der Waals surface area contributed by atoms with E-state index in [0.29, 0.717) is 42.1 Å². The van der Waals surface area contributed by atoms with Gasteiger partial charge in [-0.1, -0.05) is 13.8 Å². The van der Waals surface area contributed by atoms with Crippen molar-refractivity contribution >= 4 is 5.78 Å². The number of ketones is 1. The first-order valence-electron chi connectivity index (χ1n) is 12.5. The summed E-state index contributed by atoms with van der Waals surface area (Å²) in [4.78, 5) is 13.4. The molecule has 5 nitrogen and oxygen atoms in total. The summed E-state index contributed by atoms with van der Waals surface area (Å²) in [5, 5.41) is 23.8. The van der Waals surface area contributed by atoms with Gasteiger partial charge in [-0.25, -0.2) is 4.39 Å². The van der Waals surface area contributed by atoms with Crippen molar-refractivity contribution in [1.29, 1.82) is 5.26 Å². The topological polar surface area (TPSA) is 78.9 Å². The molecule has 174 valence electrons. The number of carbonyl (C=O) groups is 1. The number of aromatic nitrogens is 2. The summed E-state index contributed by atoms with van der Waals surface area (Å²) in [6, 6.07) is 2.08. The van der Waals surface area contributed by atoms with E-state index in [9.17, 15) is 14.3 Å². The third-order valence-electron chi connectivity index (χ3n) is 10.5. The number of rotatable bonds is 4. The maximum atomic E-state index is 13.4. The van der Waals surface area contributed by atoms with Crippen LogP contribution in [0.2, 0.25) is 0 Å². The van der Waals surface area contributed by atoms with Crippen LogP contribution in [-0.4, -0.2) is 32.9 Å². The molecular weight excluding hydrogens is 405 g/mol. The Labute approximate surface area is 190 Å². The van der Waals surface area contributed by atoms with Crippen molar-refractivity contribution in [3.05, 3.63) is 18.0 Å². The van der Waals surface area contributed by atoms with Crippen molar-refractivity contribution in [3.8, 4) is 6.07 Å². The normalized spacial score (nSPS) is 45.4. The minimum Gasteiger partial charge on any atom is -0.387 e. The van der Waals surface area contributed by atoms with E-state index in [0.717, 1.165) is 44.9 Å². The molecule has 0 amide bonds. The fourth-order valence-corrected chi connectivity index (χ4v) is 8.97. The molecule has 0 spiro atoms. The molecule has 1 aromatic rings. The Hall–Kier alpha value is -1.74. The number of nitriles is 1. The average molecular weight is 442 g/mol. The number of fused-ring (bicyclic) bond motifs is 5. The van der Waals surface area contributed by atoms with Crippen LogP contribution in [-0.2, 0) is 11.3 Å². The van der Waals surface area contributed by atoms with E-state index < -0.39 is 12.3 Å². The van der Waals surface area contributed by atoms with Gasteiger partial charge in [0.1, 0.15) is 12.7 Å². The second-order valence-corrected chi connectivity index (χ2v) is 11.9. The first-order valence-corrected chi connectivity index (χ1v) is 12.5. The summed E-state index contributed by atoms with van der Waals surface area (Å²) < 4.78 is 15.1.